The number of pyridine rings is 1. The molecule has 1 heterocycles. The molecule has 2 rings (SSSR count). The molecule has 1 aromatic heterocycles. The Labute approximate surface area is 124 Å². The van der Waals surface area contributed by atoms with Gasteiger partial charge in [0.1, 0.15) is 11.6 Å². The average molecular weight is 310 g/mol. The van der Waals surface area contributed by atoms with Crippen LogP contribution in [0.3, 0.4) is 0 Å². The first-order chi connectivity index (χ1) is 10.4. The molecule has 0 unspecified atom stereocenters. The van der Waals surface area contributed by atoms with Crippen LogP contribution in [0.25, 0.3) is 0 Å². The van der Waals surface area contributed by atoms with E-state index in [0.717, 1.165) is 18.3 Å². The number of carbonyl (C=O) groups is 1. The van der Waals surface area contributed by atoms with E-state index in [1.807, 2.05) is 0 Å². The van der Waals surface area contributed by atoms with E-state index in [-0.39, 0.29) is 11.4 Å². The number of rotatable bonds is 4. The number of halogens is 3. The van der Waals surface area contributed by atoms with Crippen molar-refractivity contribution in [2.75, 3.05) is 11.9 Å². The topological polar surface area (TPSA) is 51.2 Å². The van der Waals surface area contributed by atoms with Crippen molar-refractivity contribution in [3.8, 4) is 5.75 Å². The average Bonchev–Trinajstić information content (AvgIpc) is 2.47. The fraction of sp³-hybridized carbons (Fsp3) is 0.200. The smallest absolute Gasteiger partial charge is 0.416 e. The van der Waals surface area contributed by atoms with Gasteiger partial charge in [0, 0.05) is 11.8 Å². The molecule has 0 fully saturated rings. The molecular formula is C15H13F3N2O2. The predicted octanol–water partition coefficient (Wildman–Crippen LogP) is 3.75. The van der Waals surface area contributed by atoms with E-state index < -0.39 is 17.6 Å². The monoisotopic (exact) mass is 310 g/mol. The van der Waals surface area contributed by atoms with Crippen LogP contribution < -0.4 is 10.1 Å². The summed E-state index contributed by atoms with van der Waals surface area (Å²) in [6.07, 6.45) is -3.49. The Morgan fingerprint density at radius 3 is 2.73 bits per heavy atom. The lowest BCUT2D eigenvalue weighted by Crippen LogP contribution is -2.14. The number of anilines is 1. The van der Waals surface area contributed by atoms with Gasteiger partial charge in [0.2, 0.25) is 0 Å². The van der Waals surface area contributed by atoms with Gasteiger partial charge in [0.05, 0.1) is 12.2 Å². The van der Waals surface area contributed by atoms with Crippen LogP contribution in [0.4, 0.5) is 19.0 Å². The molecular weight excluding hydrogens is 297 g/mol. The van der Waals surface area contributed by atoms with Gasteiger partial charge >= 0.3 is 6.18 Å². The van der Waals surface area contributed by atoms with Crippen molar-refractivity contribution in [3.05, 3.63) is 53.7 Å². The molecule has 1 aromatic carbocycles. The van der Waals surface area contributed by atoms with Gasteiger partial charge in [-0.05, 0) is 37.3 Å². The van der Waals surface area contributed by atoms with Crippen molar-refractivity contribution in [2.24, 2.45) is 0 Å². The third-order valence-corrected chi connectivity index (χ3v) is 2.74. The van der Waals surface area contributed by atoms with E-state index in [9.17, 15) is 18.0 Å². The molecule has 0 bridgehead atoms. The molecule has 0 saturated heterocycles. The van der Waals surface area contributed by atoms with Gasteiger partial charge in [-0.15, -0.1) is 0 Å². The minimum absolute atomic E-state index is 0.165. The quantitative estimate of drug-likeness (QED) is 0.935. The first kappa shape index (κ1) is 15.8. The third kappa shape index (κ3) is 3.97. The lowest BCUT2D eigenvalue weighted by Gasteiger charge is -2.09. The molecule has 0 atom stereocenters. The molecule has 7 heteroatoms. The summed E-state index contributed by atoms with van der Waals surface area (Å²) in [6.45, 7) is 2.25. The Morgan fingerprint density at radius 2 is 2.05 bits per heavy atom. The number of aromatic nitrogens is 1. The maximum Gasteiger partial charge on any atom is 0.416 e. The van der Waals surface area contributed by atoms with E-state index in [2.05, 4.69) is 10.3 Å². The molecule has 0 aliphatic heterocycles. The summed E-state index contributed by atoms with van der Waals surface area (Å²) in [7, 11) is 0. The summed E-state index contributed by atoms with van der Waals surface area (Å²) < 4.78 is 43.1. The van der Waals surface area contributed by atoms with Gasteiger partial charge in [-0.3, -0.25) is 4.79 Å². The largest absolute Gasteiger partial charge is 0.494 e. The second-order valence-corrected chi connectivity index (χ2v) is 4.34. The summed E-state index contributed by atoms with van der Waals surface area (Å²) in [5.41, 5.74) is -0.606. The van der Waals surface area contributed by atoms with Crippen LogP contribution in [0.2, 0.25) is 0 Å². The normalized spacial score (nSPS) is 11.1. The van der Waals surface area contributed by atoms with Gasteiger partial charge in [-0.25, -0.2) is 4.98 Å². The Bertz CT molecular complexity index is 672. The number of alkyl halides is 3. The number of hydrogen-bond donors (Lipinski definition) is 1. The van der Waals surface area contributed by atoms with E-state index in [4.69, 9.17) is 4.74 Å². The number of nitrogens with zero attached hydrogens (tertiary/aromatic N) is 1. The first-order valence-electron chi connectivity index (χ1n) is 6.47. The lowest BCUT2D eigenvalue weighted by atomic mass is 10.2. The second-order valence-electron chi connectivity index (χ2n) is 4.34. The van der Waals surface area contributed by atoms with Crippen molar-refractivity contribution in [1.82, 2.24) is 4.98 Å². The summed E-state index contributed by atoms with van der Waals surface area (Å²) in [5, 5.41) is 2.33. The fourth-order valence-corrected chi connectivity index (χ4v) is 1.76. The van der Waals surface area contributed by atoms with E-state index >= 15 is 0 Å². The standard InChI is InChI=1S/C15H13F3N2O2/c1-2-22-12-5-3-4-10(8-12)14(21)20-13-9-11(6-7-19-13)15(16,17)18/h3-9H,2H2,1H3,(H,19,20,21). The summed E-state index contributed by atoms with van der Waals surface area (Å²) >= 11 is 0. The molecule has 0 saturated carbocycles. The van der Waals surface area contributed by atoms with E-state index in [0.29, 0.717) is 12.4 Å². The predicted molar refractivity (Wildman–Crippen MR) is 74.8 cm³/mol. The molecule has 0 aliphatic rings. The summed E-state index contributed by atoms with van der Waals surface area (Å²) in [4.78, 5) is 15.8. The zero-order valence-electron chi connectivity index (χ0n) is 11.6. The van der Waals surface area contributed by atoms with Gasteiger partial charge < -0.3 is 10.1 Å². The van der Waals surface area contributed by atoms with E-state index in [1.54, 1.807) is 19.1 Å². The molecule has 1 amide bonds. The Hall–Kier alpha value is -2.57. The van der Waals surface area contributed by atoms with E-state index in [1.165, 1.54) is 12.1 Å². The van der Waals surface area contributed by atoms with Crippen molar-refractivity contribution in [2.45, 2.75) is 13.1 Å². The van der Waals surface area contributed by atoms with Crippen molar-refractivity contribution >= 4 is 11.7 Å². The molecule has 0 aliphatic carbocycles. The van der Waals surface area contributed by atoms with Crippen LogP contribution in [-0.4, -0.2) is 17.5 Å². The van der Waals surface area contributed by atoms with Crippen LogP contribution in [0.15, 0.2) is 42.6 Å². The third-order valence-electron chi connectivity index (χ3n) is 2.74. The number of ether oxygens (including phenoxy) is 1. The fourth-order valence-electron chi connectivity index (χ4n) is 1.76. The van der Waals surface area contributed by atoms with Crippen LogP contribution in [0.5, 0.6) is 5.75 Å². The minimum Gasteiger partial charge on any atom is -0.494 e. The van der Waals surface area contributed by atoms with Crippen molar-refractivity contribution in [3.63, 3.8) is 0 Å². The SMILES string of the molecule is CCOc1cccc(C(=O)Nc2cc(C(F)(F)F)ccn2)c1. The first-order valence-corrected chi connectivity index (χ1v) is 6.47. The zero-order chi connectivity index (χ0) is 16.2. The van der Waals surface area contributed by atoms with Crippen molar-refractivity contribution < 1.29 is 22.7 Å². The number of carbonyl (C=O) groups excluding carboxylic acids is 1. The Morgan fingerprint density at radius 1 is 1.27 bits per heavy atom. The van der Waals surface area contributed by atoms with Gasteiger partial charge in [-0.1, -0.05) is 6.07 Å². The Kier molecular flexibility index (Phi) is 4.65. The van der Waals surface area contributed by atoms with Crippen LogP contribution in [-0.2, 0) is 6.18 Å². The molecule has 116 valence electrons. The highest BCUT2D eigenvalue weighted by Gasteiger charge is 2.30. The zero-order valence-corrected chi connectivity index (χ0v) is 11.6. The highest BCUT2D eigenvalue weighted by molar-refractivity contribution is 6.04. The molecule has 0 radical (unpaired) electrons. The maximum absolute atomic E-state index is 12.6. The highest BCUT2D eigenvalue weighted by atomic mass is 19.4. The van der Waals surface area contributed by atoms with Crippen LogP contribution in [0.1, 0.15) is 22.8 Å². The molecule has 1 N–H and O–H groups in total. The van der Waals surface area contributed by atoms with Crippen molar-refractivity contribution in [1.29, 1.82) is 0 Å². The van der Waals surface area contributed by atoms with Gasteiger partial charge in [0.25, 0.3) is 5.91 Å². The molecule has 22 heavy (non-hydrogen) atoms. The number of hydrogen-bond acceptors (Lipinski definition) is 3. The number of nitrogens with one attached hydrogen (secondary N) is 1. The highest BCUT2D eigenvalue weighted by Crippen LogP contribution is 2.30. The summed E-state index contributed by atoms with van der Waals surface area (Å²) in [6, 6.07) is 7.97. The Balaban J connectivity index is 2.17. The summed E-state index contributed by atoms with van der Waals surface area (Å²) in [5.74, 6) is -0.220. The molecule has 4 nitrogen and oxygen atoms in total. The second kappa shape index (κ2) is 6.46. The maximum atomic E-state index is 12.6. The lowest BCUT2D eigenvalue weighted by molar-refractivity contribution is -0.137. The number of benzene rings is 1. The van der Waals surface area contributed by atoms with Gasteiger partial charge in [0.15, 0.2) is 0 Å². The number of amides is 1. The van der Waals surface area contributed by atoms with Gasteiger partial charge in [-0.2, -0.15) is 13.2 Å². The minimum atomic E-state index is -4.49. The van der Waals surface area contributed by atoms with Crippen LogP contribution in [0, 0.1) is 0 Å². The molecule has 2 aromatic rings. The molecule has 0 spiro atoms. The van der Waals surface area contributed by atoms with Crippen LogP contribution >= 0.6 is 0 Å².